The zero-order chi connectivity index (χ0) is 31.6. The summed E-state index contributed by atoms with van der Waals surface area (Å²) < 4.78 is 38.6. The molecule has 13 heteroatoms. The summed E-state index contributed by atoms with van der Waals surface area (Å²) in [6, 6.07) is 17.1. The van der Waals surface area contributed by atoms with Crippen molar-refractivity contribution in [2.45, 2.75) is 10.9 Å². The van der Waals surface area contributed by atoms with E-state index in [0.717, 1.165) is 5.56 Å². The summed E-state index contributed by atoms with van der Waals surface area (Å²) in [5.74, 6) is -0.294. The number of hydrogen-bond acceptors (Lipinski definition) is 7. The molecule has 2 aliphatic heterocycles. The van der Waals surface area contributed by atoms with Gasteiger partial charge in [-0.25, -0.2) is 12.7 Å². The highest BCUT2D eigenvalue weighted by molar-refractivity contribution is 7.89. The minimum absolute atomic E-state index is 0.194. The van der Waals surface area contributed by atoms with E-state index in [2.05, 4.69) is 4.90 Å². The first-order valence-corrected chi connectivity index (χ1v) is 16.3. The average Bonchev–Trinajstić information content (AvgIpc) is 3.02. The number of sulfonamides is 1. The molecule has 2 aliphatic rings. The van der Waals surface area contributed by atoms with Crippen molar-refractivity contribution in [1.29, 1.82) is 0 Å². The molecule has 1 fully saturated rings. The highest BCUT2D eigenvalue weighted by Gasteiger charge is 2.32. The molecule has 44 heavy (non-hydrogen) atoms. The van der Waals surface area contributed by atoms with Crippen molar-refractivity contribution in [3.63, 3.8) is 0 Å². The number of morpholine rings is 1. The largest absolute Gasteiger partial charge is 0.482 e. The molecule has 0 saturated carbocycles. The first-order chi connectivity index (χ1) is 21.0. The van der Waals surface area contributed by atoms with Gasteiger partial charge in [-0.1, -0.05) is 59.6 Å². The smallest absolute Gasteiger partial charge is 0.265 e. The SMILES string of the molecule is CN(C(=O)CN1C(=O)COc2cc(Cl)c(Cl)cc21)C(CN1CCOCC1)c1cccc(-c2ccccc2S(=O)(=O)N(C)C)c1. The number of carbonyl (C=O) groups excluding carboxylic acids is 2. The lowest BCUT2D eigenvalue weighted by atomic mass is 9.98. The molecule has 5 rings (SSSR count). The molecule has 0 N–H and O–H groups in total. The minimum atomic E-state index is -3.71. The van der Waals surface area contributed by atoms with Crippen LogP contribution < -0.4 is 9.64 Å². The van der Waals surface area contributed by atoms with Gasteiger partial charge in [0.2, 0.25) is 15.9 Å². The third kappa shape index (κ3) is 6.73. The van der Waals surface area contributed by atoms with Gasteiger partial charge in [-0.05, 0) is 29.3 Å². The summed E-state index contributed by atoms with van der Waals surface area (Å²) in [5.41, 5.74) is 2.47. The van der Waals surface area contributed by atoms with Crippen LogP contribution in [0, 0.1) is 0 Å². The number of amides is 2. The molecule has 1 atom stereocenters. The van der Waals surface area contributed by atoms with E-state index in [-0.39, 0.29) is 39.9 Å². The van der Waals surface area contributed by atoms with Gasteiger partial charge < -0.3 is 14.4 Å². The normalized spacial score (nSPS) is 16.4. The molecule has 2 heterocycles. The zero-order valence-corrected chi connectivity index (χ0v) is 27.0. The van der Waals surface area contributed by atoms with E-state index >= 15 is 0 Å². The Bertz CT molecular complexity index is 1660. The number of ether oxygens (including phenoxy) is 2. The second kappa shape index (κ2) is 13.4. The average molecular weight is 662 g/mol. The van der Waals surface area contributed by atoms with Gasteiger partial charge in [0.15, 0.2) is 6.61 Å². The summed E-state index contributed by atoms with van der Waals surface area (Å²) in [7, 11) is 1.00. The molecule has 0 spiro atoms. The maximum Gasteiger partial charge on any atom is 0.265 e. The van der Waals surface area contributed by atoms with Crippen molar-refractivity contribution >= 4 is 50.7 Å². The Balaban J connectivity index is 1.49. The van der Waals surface area contributed by atoms with Crippen molar-refractivity contribution in [2.24, 2.45) is 0 Å². The Morgan fingerprint density at radius 2 is 1.68 bits per heavy atom. The fraction of sp³-hybridized carbons (Fsp3) is 0.355. The van der Waals surface area contributed by atoms with Crippen LogP contribution in [0.25, 0.3) is 11.1 Å². The maximum atomic E-state index is 13.9. The Labute approximate surface area is 267 Å². The number of likely N-dealkylation sites (N-methyl/N-ethyl adjacent to an activating group) is 1. The summed E-state index contributed by atoms with van der Waals surface area (Å²) in [6.45, 7) is 2.64. The van der Waals surface area contributed by atoms with Gasteiger partial charge in [0.25, 0.3) is 5.91 Å². The summed E-state index contributed by atoms with van der Waals surface area (Å²) in [4.78, 5) is 32.2. The Hall–Kier alpha value is -3.19. The lowest BCUT2D eigenvalue weighted by Crippen LogP contribution is -2.48. The van der Waals surface area contributed by atoms with Crippen LogP contribution in [-0.4, -0.2) is 101 Å². The maximum absolute atomic E-state index is 13.9. The van der Waals surface area contributed by atoms with Crippen molar-refractivity contribution < 1.29 is 27.5 Å². The highest BCUT2D eigenvalue weighted by atomic mass is 35.5. The number of fused-ring (bicyclic) bond motifs is 1. The minimum Gasteiger partial charge on any atom is -0.482 e. The Morgan fingerprint density at radius 1 is 0.977 bits per heavy atom. The number of anilines is 1. The quantitative estimate of drug-likeness (QED) is 0.340. The molecule has 1 unspecified atom stereocenters. The molecule has 10 nitrogen and oxygen atoms in total. The Kier molecular flexibility index (Phi) is 9.83. The first kappa shape index (κ1) is 32.2. The molecular weight excluding hydrogens is 627 g/mol. The van der Waals surface area contributed by atoms with Crippen molar-refractivity contribution in [3.8, 4) is 16.9 Å². The lowest BCUT2D eigenvalue weighted by Gasteiger charge is -2.37. The van der Waals surface area contributed by atoms with Crippen LogP contribution in [0.2, 0.25) is 10.0 Å². The standard InChI is InChI=1S/C31H34Cl2N4O6S/c1-34(2)44(40,41)29-10-5-4-9-23(29)21-7-6-8-22(15-21)27(18-36-11-13-42-14-12-36)35(3)30(38)19-37-26-16-24(32)25(33)17-28(26)43-20-31(37)39/h4-10,15-17,27H,11-14,18-20H2,1-3H3. The van der Waals surface area contributed by atoms with Gasteiger partial charge in [0.1, 0.15) is 12.3 Å². The predicted molar refractivity (Wildman–Crippen MR) is 170 cm³/mol. The van der Waals surface area contributed by atoms with Gasteiger partial charge in [-0.3, -0.25) is 19.4 Å². The fourth-order valence-corrected chi connectivity index (χ4v) is 6.73. The molecule has 234 valence electrons. The Morgan fingerprint density at radius 3 is 2.41 bits per heavy atom. The number of benzene rings is 3. The molecular formula is C31H34Cl2N4O6S. The third-order valence-corrected chi connectivity index (χ3v) is 10.5. The van der Waals surface area contributed by atoms with E-state index in [4.69, 9.17) is 32.7 Å². The summed E-state index contributed by atoms with van der Waals surface area (Å²) >= 11 is 12.4. The molecule has 2 amide bonds. The van der Waals surface area contributed by atoms with Crippen LogP contribution in [0.1, 0.15) is 11.6 Å². The van der Waals surface area contributed by atoms with E-state index < -0.39 is 16.1 Å². The van der Waals surface area contributed by atoms with E-state index in [1.807, 2.05) is 24.3 Å². The van der Waals surface area contributed by atoms with Crippen LogP contribution in [0.4, 0.5) is 5.69 Å². The van der Waals surface area contributed by atoms with E-state index in [9.17, 15) is 18.0 Å². The molecule has 3 aromatic rings. The highest BCUT2D eigenvalue weighted by Crippen LogP contribution is 2.39. The van der Waals surface area contributed by atoms with Crippen LogP contribution in [0.15, 0.2) is 65.6 Å². The van der Waals surface area contributed by atoms with Crippen LogP contribution in [0.3, 0.4) is 0 Å². The van der Waals surface area contributed by atoms with Gasteiger partial charge in [-0.2, -0.15) is 0 Å². The number of rotatable bonds is 9. The van der Waals surface area contributed by atoms with E-state index in [1.54, 1.807) is 36.2 Å². The van der Waals surface area contributed by atoms with E-state index in [1.165, 1.54) is 35.4 Å². The predicted octanol–water partition coefficient (Wildman–Crippen LogP) is 4.17. The first-order valence-electron chi connectivity index (χ1n) is 14.1. The van der Waals surface area contributed by atoms with Crippen LogP contribution >= 0.6 is 23.2 Å². The van der Waals surface area contributed by atoms with Gasteiger partial charge in [-0.15, -0.1) is 0 Å². The van der Waals surface area contributed by atoms with Gasteiger partial charge >= 0.3 is 0 Å². The number of hydrogen-bond donors (Lipinski definition) is 0. The van der Waals surface area contributed by atoms with Crippen LogP contribution in [0.5, 0.6) is 5.75 Å². The third-order valence-electron chi connectivity index (χ3n) is 7.86. The monoisotopic (exact) mass is 660 g/mol. The number of carbonyl (C=O) groups is 2. The second-order valence-electron chi connectivity index (χ2n) is 10.8. The van der Waals surface area contributed by atoms with Crippen LogP contribution in [-0.2, 0) is 24.3 Å². The van der Waals surface area contributed by atoms with Crippen molar-refractivity contribution in [2.75, 3.05) is 72.0 Å². The molecule has 3 aromatic carbocycles. The molecule has 1 saturated heterocycles. The van der Waals surface area contributed by atoms with Gasteiger partial charge in [0, 0.05) is 52.4 Å². The van der Waals surface area contributed by atoms with Crippen molar-refractivity contribution in [3.05, 3.63) is 76.3 Å². The summed E-state index contributed by atoms with van der Waals surface area (Å²) in [6.07, 6.45) is 0. The summed E-state index contributed by atoms with van der Waals surface area (Å²) in [5, 5.41) is 0.529. The second-order valence-corrected chi connectivity index (χ2v) is 13.8. The fourth-order valence-electron chi connectivity index (χ4n) is 5.31. The number of nitrogens with zero attached hydrogens (tertiary/aromatic N) is 4. The topological polar surface area (TPSA) is 99.7 Å². The molecule has 0 aromatic heterocycles. The number of halogens is 2. The van der Waals surface area contributed by atoms with Crippen molar-refractivity contribution in [1.82, 2.24) is 14.1 Å². The molecule has 0 bridgehead atoms. The molecule has 0 aliphatic carbocycles. The lowest BCUT2D eigenvalue weighted by molar-refractivity contribution is -0.133. The van der Waals surface area contributed by atoms with Gasteiger partial charge in [0.05, 0.1) is 39.9 Å². The molecule has 0 radical (unpaired) electrons. The zero-order valence-electron chi connectivity index (χ0n) is 24.7. The van der Waals surface area contributed by atoms with E-state index in [0.29, 0.717) is 55.4 Å².